The first kappa shape index (κ1) is 18.0. The molecule has 0 bridgehead atoms. The molecule has 0 saturated heterocycles. The summed E-state index contributed by atoms with van der Waals surface area (Å²) in [5.74, 6) is -2.52. The molecule has 0 fully saturated rings. The van der Waals surface area contributed by atoms with E-state index in [1.807, 2.05) is 24.3 Å². The van der Waals surface area contributed by atoms with E-state index in [2.05, 4.69) is 0 Å². The highest BCUT2D eigenvalue weighted by Crippen LogP contribution is 2.52. The van der Waals surface area contributed by atoms with Gasteiger partial charge in [-0.25, -0.2) is 4.79 Å². The molecule has 7 heteroatoms. The van der Waals surface area contributed by atoms with Gasteiger partial charge < -0.3 is 13.8 Å². The Hall–Kier alpha value is -1.39. The Kier molecular flexibility index (Phi) is 6.19. The summed E-state index contributed by atoms with van der Waals surface area (Å²) in [5.41, 5.74) is 2.48. The largest absolute Gasteiger partial charge is 0.462 e. The highest BCUT2D eigenvalue weighted by molar-refractivity contribution is 8.22. The zero-order chi connectivity index (χ0) is 16.9. The lowest BCUT2D eigenvalue weighted by Crippen LogP contribution is -2.03. The predicted octanol–water partition coefficient (Wildman–Crippen LogP) is 5.02. The van der Waals surface area contributed by atoms with Gasteiger partial charge in [0.05, 0.1) is 12.2 Å². The van der Waals surface area contributed by atoms with Crippen LogP contribution in [0.5, 0.6) is 5.75 Å². The Balaban J connectivity index is 2.13. The van der Waals surface area contributed by atoms with Crippen LogP contribution in [-0.2, 0) is 21.1 Å². The smallest absolute Gasteiger partial charge is 0.338 e. The Morgan fingerprint density at radius 2 is 1.61 bits per heavy atom. The van der Waals surface area contributed by atoms with E-state index < -0.39 is 5.84 Å². The molecule has 0 aromatic heterocycles. The van der Waals surface area contributed by atoms with Crippen molar-refractivity contribution in [3.63, 3.8) is 0 Å². The standard InChI is InChI=1S/C16H16ClO4PS/c1-3-20-16(18)14-6-4-12(5-7-14)13-8-10-15(11-9-13)21-22(17,23)19-2/h4-11H,3H2,1-2H3. The van der Waals surface area contributed by atoms with Crippen LogP contribution in [0.1, 0.15) is 17.3 Å². The molecule has 0 N–H and O–H groups in total. The summed E-state index contributed by atoms with van der Waals surface area (Å²) in [6, 6.07) is 14.5. The van der Waals surface area contributed by atoms with Crippen LogP contribution < -0.4 is 4.52 Å². The van der Waals surface area contributed by atoms with Crippen molar-refractivity contribution in [2.45, 2.75) is 6.92 Å². The van der Waals surface area contributed by atoms with E-state index in [1.165, 1.54) is 7.11 Å². The Labute approximate surface area is 145 Å². The van der Waals surface area contributed by atoms with Crippen molar-refractivity contribution in [3.8, 4) is 16.9 Å². The fourth-order valence-electron chi connectivity index (χ4n) is 1.88. The van der Waals surface area contributed by atoms with Crippen LogP contribution in [0.4, 0.5) is 0 Å². The number of ether oxygens (including phenoxy) is 1. The molecular weight excluding hydrogens is 355 g/mol. The van der Waals surface area contributed by atoms with E-state index in [4.69, 9.17) is 36.8 Å². The van der Waals surface area contributed by atoms with Crippen LogP contribution >= 0.6 is 17.1 Å². The first-order valence-corrected chi connectivity index (χ1v) is 10.4. The van der Waals surface area contributed by atoms with Crippen molar-refractivity contribution in [1.29, 1.82) is 0 Å². The summed E-state index contributed by atoms with van der Waals surface area (Å²) < 4.78 is 15.3. The number of carbonyl (C=O) groups is 1. The van der Waals surface area contributed by atoms with Gasteiger partial charge in [0.1, 0.15) is 5.75 Å². The fraction of sp³-hybridized carbons (Fsp3) is 0.188. The van der Waals surface area contributed by atoms with E-state index in [0.29, 0.717) is 17.9 Å². The molecule has 0 aliphatic heterocycles. The zero-order valence-electron chi connectivity index (χ0n) is 12.7. The molecule has 0 aliphatic rings. The Bertz CT molecular complexity index is 716. The van der Waals surface area contributed by atoms with Crippen LogP contribution in [0.15, 0.2) is 48.5 Å². The monoisotopic (exact) mass is 370 g/mol. The number of benzene rings is 2. The zero-order valence-corrected chi connectivity index (χ0v) is 15.2. The minimum absolute atomic E-state index is 0.324. The normalized spacial score (nSPS) is 13.2. The maximum Gasteiger partial charge on any atom is 0.338 e. The third-order valence-corrected chi connectivity index (χ3v) is 5.17. The van der Waals surface area contributed by atoms with Crippen molar-refractivity contribution >= 4 is 34.9 Å². The summed E-state index contributed by atoms with van der Waals surface area (Å²) in [6.07, 6.45) is 0. The molecule has 0 aliphatic carbocycles. The van der Waals surface area contributed by atoms with Gasteiger partial charge in [-0.15, -0.1) is 0 Å². The number of esters is 1. The van der Waals surface area contributed by atoms with Gasteiger partial charge in [-0.3, -0.25) is 0 Å². The lowest BCUT2D eigenvalue weighted by Gasteiger charge is -2.13. The number of hydrogen-bond donors (Lipinski definition) is 0. The van der Waals surface area contributed by atoms with Crippen molar-refractivity contribution in [2.75, 3.05) is 13.7 Å². The van der Waals surface area contributed by atoms with Gasteiger partial charge in [-0.2, -0.15) is 0 Å². The number of hydrogen-bond acceptors (Lipinski definition) is 5. The van der Waals surface area contributed by atoms with Crippen LogP contribution in [0.2, 0.25) is 0 Å². The fourth-order valence-corrected chi connectivity index (χ4v) is 2.83. The van der Waals surface area contributed by atoms with Crippen LogP contribution in [0.25, 0.3) is 11.1 Å². The molecule has 0 heterocycles. The summed E-state index contributed by atoms with van der Waals surface area (Å²) in [5, 5.41) is 0. The van der Waals surface area contributed by atoms with Crippen molar-refractivity contribution in [1.82, 2.24) is 0 Å². The van der Waals surface area contributed by atoms with Crippen LogP contribution in [0, 0.1) is 0 Å². The Morgan fingerprint density at radius 1 is 1.09 bits per heavy atom. The second-order valence-corrected chi connectivity index (χ2v) is 9.31. The molecule has 2 aromatic rings. The summed E-state index contributed by atoms with van der Waals surface area (Å²) in [4.78, 5) is 11.6. The lowest BCUT2D eigenvalue weighted by molar-refractivity contribution is 0.0526. The minimum Gasteiger partial charge on any atom is -0.462 e. The first-order valence-electron chi connectivity index (χ1n) is 6.88. The Morgan fingerprint density at radius 3 is 2.09 bits per heavy atom. The van der Waals surface area contributed by atoms with E-state index in [1.54, 1.807) is 31.2 Å². The molecule has 1 unspecified atom stereocenters. The van der Waals surface area contributed by atoms with Crippen LogP contribution in [0.3, 0.4) is 0 Å². The highest BCUT2D eigenvalue weighted by atomic mass is 35.7. The molecule has 2 rings (SSSR count). The quantitative estimate of drug-likeness (QED) is 0.527. The minimum atomic E-state index is -2.75. The average Bonchev–Trinajstić information content (AvgIpc) is 2.56. The maximum atomic E-state index is 11.6. The van der Waals surface area contributed by atoms with Crippen molar-refractivity contribution in [3.05, 3.63) is 54.1 Å². The van der Waals surface area contributed by atoms with Gasteiger partial charge in [0.2, 0.25) is 0 Å². The van der Waals surface area contributed by atoms with Gasteiger partial charge in [-0.05, 0) is 65.4 Å². The average molecular weight is 371 g/mol. The second kappa shape index (κ2) is 7.93. The molecule has 23 heavy (non-hydrogen) atoms. The maximum absolute atomic E-state index is 11.6. The van der Waals surface area contributed by atoms with Crippen molar-refractivity contribution < 1.29 is 18.6 Å². The molecule has 0 saturated carbocycles. The third kappa shape index (κ3) is 5.05. The van der Waals surface area contributed by atoms with E-state index >= 15 is 0 Å². The van der Waals surface area contributed by atoms with Crippen LogP contribution in [-0.4, -0.2) is 19.7 Å². The van der Waals surface area contributed by atoms with Gasteiger partial charge >= 0.3 is 11.8 Å². The van der Waals surface area contributed by atoms with E-state index in [-0.39, 0.29) is 5.97 Å². The number of rotatable bonds is 6. The topological polar surface area (TPSA) is 44.8 Å². The molecule has 2 aromatic carbocycles. The van der Waals surface area contributed by atoms with E-state index in [0.717, 1.165) is 11.1 Å². The highest BCUT2D eigenvalue weighted by Gasteiger charge is 2.14. The van der Waals surface area contributed by atoms with Gasteiger partial charge in [0, 0.05) is 7.11 Å². The summed E-state index contributed by atoms with van der Waals surface area (Å²) in [6.45, 7) is 2.14. The molecular formula is C16H16ClO4PS. The lowest BCUT2D eigenvalue weighted by atomic mass is 10.0. The molecule has 4 nitrogen and oxygen atoms in total. The molecule has 0 spiro atoms. The van der Waals surface area contributed by atoms with Gasteiger partial charge in [-0.1, -0.05) is 24.3 Å². The van der Waals surface area contributed by atoms with Gasteiger partial charge in [0.15, 0.2) is 0 Å². The number of carbonyl (C=O) groups excluding carboxylic acids is 1. The molecule has 0 radical (unpaired) electrons. The first-order chi connectivity index (χ1) is 10.9. The SMILES string of the molecule is CCOC(=O)c1ccc(-c2ccc(OP(=S)(Cl)OC)cc2)cc1. The van der Waals surface area contributed by atoms with Crippen molar-refractivity contribution in [2.24, 2.45) is 0 Å². The van der Waals surface area contributed by atoms with Gasteiger partial charge in [0.25, 0.3) is 0 Å². The molecule has 122 valence electrons. The molecule has 0 amide bonds. The predicted molar refractivity (Wildman–Crippen MR) is 95.6 cm³/mol. The number of halogens is 1. The summed E-state index contributed by atoms with van der Waals surface area (Å²) >= 11 is 10.9. The molecule has 1 atom stereocenters. The van der Waals surface area contributed by atoms with E-state index in [9.17, 15) is 4.79 Å². The summed E-state index contributed by atoms with van der Waals surface area (Å²) in [7, 11) is 1.42. The second-order valence-electron chi connectivity index (χ2n) is 4.53. The third-order valence-electron chi connectivity index (χ3n) is 3.02.